The summed E-state index contributed by atoms with van der Waals surface area (Å²) < 4.78 is 0. The third-order valence-electron chi connectivity index (χ3n) is 1.71. The SMILES string of the molecule is CCC(CC)NC(=O)C(C)S. The van der Waals surface area contributed by atoms with Gasteiger partial charge in [-0.25, -0.2) is 0 Å². The van der Waals surface area contributed by atoms with E-state index in [9.17, 15) is 4.79 Å². The van der Waals surface area contributed by atoms with Crippen molar-refractivity contribution in [3.63, 3.8) is 0 Å². The number of thiol groups is 1. The van der Waals surface area contributed by atoms with Gasteiger partial charge in [-0.15, -0.1) is 0 Å². The van der Waals surface area contributed by atoms with E-state index in [0.717, 1.165) is 12.8 Å². The van der Waals surface area contributed by atoms with E-state index in [2.05, 4.69) is 31.8 Å². The molecule has 0 rings (SSSR count). The average Bonchev–Trinajstić information content (AvgIpc) is 1.99. The van der Waals surface area contributed by atoms with Crippen LogP contribution in [0.2, 0.25) is 0 Å². The first-order chi connectivity index (χ1) is 5.11. The highest BCUT2D eigenvalue weighted by molar-refractivity contribution is 7.81. The first-order valence-electron chi connectivity index (χ1n) is 4.10. The van der Waals surface area contributed by atoms with Crippen LogP contribution in [0.3, 0.4) is 0 Å². The summed E-state index contributed by atoms with van der Waals surface area (Å²) in [7, 11) is 0. The van der Waals surface area contributed by atoms with Gasteiger partial charge >= 0.3 is 0 Å². The summed E-state index contributed by atoms with van der Waals surface area (Å²) in [4.78, 5) is 11.1. The zero-order valence-electron chi connectivity index (χ0n) is 7.42. The molecule has 0 aliphatic carbocycles. The second-order valence-electron chi connectivity index (χ2n) is 2.70. The Bertz CT molecular complexity index is 121. The maximum Gasteiger partial charge on any atom is 0.232 e. The molecular formula is C8H17NOS. The highest BCUT2D eigenvalue weighted by Gasteiger charge is 2.11. The molecule has 0 aromatic carbocycles. The lowest BCUT2D eigenvalue weighted by molar-refractivity contribution is -0.121. The molecule has 0 aliphatic rings. The Kier molecular flexibility index (Phi) is 5.38. The summed E-state index contributed by atoms with van der Waals surface area (Å²) in [5.41, 5.74) is 0. The number of hydrogen-bond donors (Lipinski definition) is 2. The molecule has 3 heteroatoms. The van der Waals surface area contributed by atoms with E-state index in [0.29, 0.717) is 6.04 Å². The molecular weight excluding hydrogens is 158 g/mol. The fraction of sp³-hybridized carbons (Fsp3) is 0.875. The summed E-state index contributed by atoms with van der Waals surface area (Å²) in [6.07, 6.45) is 1.98. The lowest BCUT2D eigenvalue weighted by Crippen LogP contribution is -2.37. The van der Waals surface area contributed by atoms with E-state index in [1.54, 1.807) is 6.92 Å². The Balaban J connectivity index is 3.72. The average molecular weight is 175 g/mol. The van der Waals surface area contributed by atoms with Gasteiger partial charge in [0.05, 0.1) is 5.25 Å². The van der Waals surface area contributed by atoms with E-state index >= 15 is 0 Å². The molecule has 0 saturated heterocycles. The molecule has 0 heterocycles. The van der Waals surface area contributed by atoms with Crippen molar-refractivity contribution in [3.05, 3.63) is 0 Å². The van der Waals surface area contributed by atoms with Gasteiger partial charge in [-0.3, -0.25) is 4.79 Å². The topological polar surface area (TPSA) is 29.1 Å². The van der Waals surface area contributed by atoms with Crippen molar-refractivity contribution in [2.45, 2.75) is 44.9 Å². The number of rotatable bonds is 4. The normalized spacial score (nSPS) is 13.2. The minimum Gasteiger partial charge on any atom is -0.352 e. The molecule has 0 aliphatic heterocycles. The lowest BCUT2D eigenvalue weighted by Gasteiger charge is -2.15. The molecule has 11 heavy (non-hydrogen) atoms. The maximum absolute atomic E-state index is 11.1. The minimum absolute atomic E-state index is 0.0297. The van der Waals surface area contributed by atoms with Crippen LogP contribution in [0.25, 0.3) is 0 Å². The van der Waals surface area contributed by atoms with Gasteiger partial charge in [-0.1, -0.05) is 13.8 Å². The Hall–Kier alpha value is -0.180. The fourth-order valence-corrected chi connectivity index (χ4v) is 0.889. The van der Waals surface area contributed by atoms with Crippen LogP contribution in [0.4, 0.5) is 0 Å². The fourth-order valence-electron chi connectivity index (χ4n) is 0.815. The molecule has 1 amide bonds. The summed E-state index contributed by atoms with van der Waals surface area (Å²) in [6.45, 7) is 5.91. The molecule has 66 valence electrons. The molecule has 0 aromatic rings. The Morgan fingerprint density at radius 3 is 2.18 bits per heavy atom. The zero-order valence-corrected chi connectivity index (χ0v) is 8.32. The smallest absolute Gasteiger partial charge is 0.232 e. The van der Waals surface area contributed by atoms with E-state index in [1.165, 1.54) is 0 Å². The quantitative estimate of drug-likeness (QED) is 0.624. The van der Waals surface area contributed by atoms with E-state index < -0.39 is 0 Å². The highest BCUT2D eigenvalue weighted by Crippen LogP contribution is 1.99. The molecule has 0 spiro atoms. The molecule has 0 fully saturated rings. The van der Waals surface area contributed by atoms with Crippen molar-refractivity contribution in [2.75, 3.05) is 0 Å². The minimum atomic E-state index is -0.199. The third-order valence-corrected chi connectivity index (χ3v) is 1.95. The van der Waals surface area contributed by atoms with Crippen molar-refractivity contribution in [1.29, 1.82) is 0 Å². The summed E-state index contributed by atoms with van der Waals surface area (Å²) in [5.74, 6) is 0.0297. The molecule has 1 N–H and O–H groups in total. The van der Waals surface area contributed by atoms with E-state index in [1.807, 2.05) is 0 Å². The number of amides is 1. The van der Waals surface area contributed by atoms with Crippen LogP contribution in [-0.2, 0) is 4.79 Å². The van der Waals surface area contributed by atoms with Crippen molar-refractivity contribution >= 4 is 18.5 Å². The summed E-state index contributed by atoms with van der Waals surface area (Å²) >= 11 is 4.03. The Morgan fingerprint density at radius 1 is 1.45 bits per heavy atom. The molecule has 1 unspecified atom stereocenters. The van der Waals surface area contributed by atoms with E-state index in [4.69, 9.17) is 0 Å². The predicted octanol–water partition coefficient (Wildman–Crippen LogP) is 1.61. The van der Waals surface area contributed by atoms with Crippen molar-refractivity contribution in [3.8, 4) is 0 Å². The molecule has 1 atom stereocenters. The molecule has 0 bridgehead atoms. The van der Waals surface area contributed by atoms with Crippen LogP contribution in [0.15, 0.2) is 0 Å². The second-order valence-corrected chi connectivity index (χ2v) is 3.47. The molecule has 0 aromatic heterocycles. The Labute approximate surface area is 74.2 Å². The standard InChI is InChI=1S/C8H17NOS/c1-4-7(5-2)9-8(10)6(3)11/h6-7,11H,4-5H2,1-3H3,(H,9,10). The zero-order chi connectivity index (χ0) is 8.85. The number of hydrogen-bond acceptors (Lipinski definition) is 2. The Morgan fingerprint density at radius 2 is 1.91 bits per heavy atom. The van der Waals surface area contributed by atoms with Gasteiger partial charge in [0, 0.05) is 6.04 Å². The van der Waals surface area contributed by atoms with Gasteiger partial charge in [0.2, 0.25) is 5.91 Å². The van der Waals surface area contributed by atoms with Crippen LogP contribution >= 0.6 is 12.6 Å². The maximum atomic E-state index is 11.1. The van der Waals surface area contributed by atoms with Gasteiger partial charge < -0.3 is 5.32 Å². The number of carbonyl (C=O) groups excluding carboxylic acids is 1. The lowest BCUT2D eigenvalue weighted by atomic mass is 10.2. The molecule has 0 radical (unpaired) electrons. The van der Waals surface area contributed by atoms with Crippen LogP contribution in [0.1, 0.15) is 33.6 Å². The first kappa shape index (κ1) is 10.8. The van der Waals surface area contributed by atoms with E-state index in [-0.39, 0.29) is 11.2 Å². The second kappa shape index (κ2) is 5.47. The summed E-state index contributed by atoms with van der Waals surface area (Å²) in [5, 5.41) is 2.70. The van der Waals surface area contributed by atoms with Crippen LogP contribution in [-0.4, -0.2) is 17.2 Å². The van der Waals surface area contributed by atoms with Crippen LogP contribution in [0, 0.1) is 0 Å². The highest BCUT2D eigenvalue weighted by atomic mass is 32.1. The van der Waals surface area contributed by atoms with Gasteiger partial charge in [-0.05, 0) is 19.8 Å². The van der Waals surface area contributed by atoms with Crippen molar-refractivity contribution in [1.82, 2.24) is 5.32 Å². The summed E-state index contributed by atoms with van der Waals surface area (Å²) in [6, 6.07) is 0.317. The predicted molar refractivity (Wildman–Crippen MR) is 51.0 cm³/mol. The van der Waals surface area contributed by atoms with Crippen molar-refractivity contribution < 1.29 is 4.79 Å². The van der Waals surface area contributed by atoms with Gasteiger partial charge in [0.25, 0.3) is 0 Å². The first-order valence-corrected chi connectivity index (χ1v) is 4.61. The van der Waals surface area contributed by atoms with Crippen molar-refractivity contribution in [2.24, 2.45) is 0 Å². The molecule has 0 saturated carbocycles. The third kappa shape index (κ3) is 4.30. The van der Waals surface area contributed by atoms with Crippen LogP contribution in [0.5, 0.6) is 0 Å². The number of nitrogens with one attached hydrogen (secondary N) is 1. The van der Waals surface area contributed by atoms with Gasteiger partial charge in [0.1, 0.15) is 0 Å². The van der Waals surface area contributed by atoms with Crippen LogP contribution < -0.4 is 5.32 Å². The molecule has 2 nitrogen and oxygen atoms in total. The monoisotopic (exact) mass is 175 g/mol. The van der Waals surface area contributed by atoms with Gasteiger partial charge in [-0.2, -0.15) is 12.6 Å². The number of carbonyl (C=O) groups is 1. The van der Waals surface area contributed by atoms with Gasteiger partial charge in [0.15, 0.2) is 0 Å². The largest absolute Gasteiger partial charge is 0.352 e.